The van der Waals surface area contributed by atoms with Gasteiger partial charge in [-0.25, -0.2) is 9.48 Å². The number of anilines is 1. The molecule has 1 amide bonds. The van der Waals surface area contributed by atoms with Crippen LogP contribution in [0.25, 0.3) is 0 Å². The van der Waals surface area contributed by atoms with Crippen LogP contribution in [0.4, 0.5) is 5.69 Å². The number of aryl methyl sites for hydroxylation is 1. The van der Waals surface area contributed by atoms with Crippen molar-refractivity contribution < 1.29 is 14.3 Å². The van der Waals surface area contributed by atoms with E-state index < -0.39 is 11.9 Å². The molecule has 0 spiro atoms. The average Bonchev–Trinajstić information content (AvgIpc) is 2.51. The number of hydrogen-bond donors (Lipinski definition) is 1. The molecule has 1 aromatic carbocycles. The molecule has 0 aliphatic rings. The third-order valence-corrected chi connectivity index (χ3v) is 2.95. The van der Waals surface area contributed by atoms with E-state index in [0.29, 0.717) is 16.9 Å². The minimum atomic E-state index is -0.458. The number of aromatic nitrogens is 2. The number of nitrogens with zero attached hydrogens (tertiary/aromatic N) is 2. The fraction of sp³-hybridized carbons (Fsp3) is 0.250. The Morgan fingerprint density at radius 2 is 2.04 bits per heavy atom. The zero-order valence-corrected chi connectivity index (χ0v) is 12.9. The van der Waals surface area contributed by atoms with Crippen LogP contribution in [0.15, 0.2) is 41.2 Å². The zero-order valence-electron chi connectivity index (χ0n) is 12.9. The number of nitrogens with one attached hydrogen (secondary N) is 1. The second-order valence-electron chi connectivity index (χ2n) is 4.82. The summed E-state index contributed by atoms with van der Waals surface area (Å²) in [4.78, 5) is 35.3. The SMILES string of the molecule is CCOC(=O)c1cccc(NC(=O)Cn2nc(C)ccc2=O)c1. The molecule has 1 N–H and O–H groups in total. The van der Waals surface area contributed by atoms with Crippen molar-refractivity contribution >= 4 is 17.6 Å². The van der Waals surface area contributed by atoms with Gasteiger partial charge < -0.3 is 10.1 Å². The highest BCUT2D eigenvalue weighted by molar-refractivity contribution is 5.94. The first-order chi connectivity index (χ1) is 11.0. The quantitative estimate of drug-likeness (QED) is 0.842. The lowest BCUT2D eigenvalue weighted by atomic mass is 10.2. The van der Waals surface area contributed by atoms with Crippen molar-refractivity contribution in [1.82, 2.24) is 9.78 Å². The standard InChI is InChI=1S/C16H17N3O4/c1-3-23-16(22)12-5-4-6-13(9-12)17-14(20)10-19-15(21)8-7-11(2)18-19/h4-9H,3,10H2,1-2H3,(H,17,20). The molecule has 23 heavy (non-hydrogen) atoms. The van der Waals surface area contributed by atoms with E-state index in [0.717, 1.165) is 4.68 Å². The molecule has 1 aromatic heterocycles. The van der Waals surface area contributed by atoms with Gasteiger partial charge in [0.25, 0.3) is 5.56 Å². The number of esters is 1. The zero-order chi connectivity index (χ0) is 16.8. The first kappa shape index (κ1) is 16.4. The molecule has 0 bridgehead atoms. The highest BCUT2D eigenvalue weighted by Gasteiger charge is 2.10. The largest absolute Gasteiger partial charge is 0.462 e. The van der Waals surface area contributed by atoms with E-state index in [-0.39, 0.29) is 18.7 Å². The van der Waals surface area contributed by atoms with Crippen molar-refractivity contribution in [1.29, 1.82) is 0 Å². The first-order valence-corrected chi connectivity index (χ1v) is 7.11. The minimum absolute atomic E-state index is 0.204. The van der Waals surface area contributed by atoms with Crippen molar-refractivity contribution in [2.75, 3.05) is 11.9 Å². The molecular weight excluding hydrogens is 298 g/mol. The summed E-state index contributed by atoms with van der Waals surface area (Å²) >= 11 is 0. The maximum absolute atomic E-state index is 12.0. The summed E-state index contributed by atoms with van der Waals surface area (Å²) < 4.78 is 5.99. The molecule has 2 rings (SSSR count). The number of benzene rings is 1. The summed E-state index contributed by atoms with van der Waals surface area (Å²) in [5.41, 5.74) is 1.07. The van der Waals surface area contributed by atoms with Gasteiger partial charge in [-0.15, -0.1) is 0 Å². The molecule has 0 fully saturated rings. The van der Waals surface area contributed by atoms with Crippen LogP contribution in [-0.4, -0.2) is 28.3 Å². The Labute approximate surface area is 132 Å². The maximum Gasteiger partial charge on any atom is 0.338 e. The third-order valence-electron chi connectivity index (χ3n) is 2.95. The highest BCUT2D eigenvalue weighted by Crippen LogP contribution is 2.11. The van der Waals surface area contributed by atoms with Crippen molar-refractivity contribution in [3.63, 3.8) is 0 Å². The number of carbonyl (C=O) groups is 2. The molecule has 0 radical (unpaired) electrons. The molecule has 0 unspecified atom stereocenters. The number of hydrogen-bond acceptors (Lipinski definition) is 5. The van der Waals surface area contributed by atoms with Crippen LogP contribution >= 0.6 is 0 Å². The van der Waals surface area contributed by atoms with E-state index in [4.69, 9.17) is 4.74 Å². The van der Waals surface area contributed by atoms with Gasteiger partial charge in [-0.05, 0) is 38.1 Å². The molecule has 0 atom stereocenters. The summed E-state index contributed by atoms with van der Waals surface area (Å²) in [5, 5.41) is 6.62. The smallest absolute Gasteiger partial charge is 0.338 e. The summed E-state index contributed by atoms with van der Waals surface area (Å²) in [6, 6.07) is 9.34. The van der Waals surface area contributed by atoms with E-state index >= 15 is 0 Å². The second kappa shape index (κ2) is 7.35. The summed E-state index contributed by atoms with van der Waals surface area (Å²) in [5.74, 6) is -0.869. The van der Waals surface area contributed by atoms with Crippen LogP contribution in [0.5, 0.6) is 0 Å². The van der Waals surface area contributed by atoms with Crippen LogP contribution in [0.1, 0.15) is 23.0 Å². The van der Waals surface area contributed by atoms with Gasteiger partial charge in [0.2, 0.25) is 5.91 Å². The average molecular weight is 315 g/mol. The highest BCUT2D eigenvalue weighted by atomic mass is 16.5. The monoisotopic (exact) mass is 315 g/mol. The Morgan fingerprint density at radius 3 is 2.78 bits per heavy atom. The minimum Gasteiger partial charge on any atom is -0.462 e. The van der Waals surface area contributed by atoms with Gasteiger partial charge in [0, 0.05) is 11.8 Å². The van der Waals surface area contributed by atoms with Crippen LogP contribution < -0.4 is 10.9 Å². The lowest BCUT2D eigenvalue weighted by Crippen LogP contribution is -2.29. The number of ether oxygens (including phenoxy) is 1. The fourth-order valence-corrected chi connectivity index (χ4v) is 1.94. The Hall–Kier alpha value is -2.96. The van der Waals surface area contributed by atoms with E-state index in [2.05, 4.69) is 10.4 Å². The Morgan fingerprint density at radius 1 is 1.26 bits per heavy atom. The van der Waals surface area contributed by atoms with Crippen LogP contribution in [-0.2, 0) is 16.1 Å². The molecule has 7 nitrogen and oxygen atoms in total. The van der Waals surface area contributed by atoms with E-state index in [1.807, 2.05) is 0 Å². The third kappa shape index (κ3) is 4.50. The van der Waals surface area contributed by atoms with E-state index in [1.54, 1.807) is 38.1 Å². The van der Waals surface area contributed by atoms with Gasteiger partial charge in [-0.1, -0.05) is 6.07 Å². The van der Waals surface area contributed by atoms with Gasteiger partial charge in [-0.3, -0.25) is 9.59 Å². The van der Waals surface area contributed by atoms with Crippen molar-refractivity contribution in [2.45, 2.75) is 20.4 Å². The van der Waals surface area contributed by atoms with Gasteiger partial charge in [0.15, 0.2) is 0 Å². The van der Waals surface area contributed by atoms with E-state index in [1.165, 1.54) is 12.1 Å². The molecule has 0 saturated heterocycles. The lowest BCUT2D eigenvalue weighted by molar-refractivity contribution is -0.117. The number of amides is 1. The summed E-state index contributed by atoms with van der Waals surface area (Å²) in [6.45, 7) is 3.52. The van der Waals surface area contributed by atoms with Crippen LogP contribution in [0.2, 0.25) is 0 Å². The fourth-order valence-electron chi connectivity index (χ4n) is 1.94. The second-order valence-corrected chi connectivity index (χ2v) is 4.82. The van der Waals surface area contributed by atoms with Gasteiger partial charge in [0.05, 0.1) is 17.9 Å². The number of carbonyl (C=O) groups excluding carboxylic acids is 2. The summed E-state index contributed by atoms with van der Waals surface area (Å²) in [7, 11) is 0. The molecular formula is C16H17N3O4. The van der Waals surface area contributed by atoms with Gasteiger partial charge in [-0.2, -0.15) is 5.10 Å². The topological polar surface area (TPSA) is 90.3 Å². The normalized spacial score (nSPS) is 10.2. The predicted molar refractivity (Wildman–Crippen MR) is 84.3 cm³/mol. The van der Waals surface area contributed by atoms with Crippen molar-refractivity contribution in [2.24, 2.45) is 0 Å². The molecule has 0 aliphatic carbocycles. The molecule has 7 heteroatoms. The molecule has 2 aromatic rings. The number of rotatable bonds is 5. The first-order valence-electron chi connectivity index (χ1n) is 7.11. The lowest BCUT2D eigenvalue weighted by Gasteiger charge is -2.08. The van der Waals surface area contributed by atoms with Crippen LogP contribution in [0, 0.1) is 6.92 Å². The maximum atomic E-state index is 12.0. The van der Waals surface area contributed by atoms with Gasteiger partial charge in [0.1, 0.15) is 6.54 Å². The van der Waals surface area contributed by atoms with Crippen molar-refractivity contribution in [3.8, 4) is 0 Å². The molecule has 120 valence electrons. The molecule has 0 saturated carbocycles. The molecule has 1 heterocycles. The summed E-state index contributed by atoms with van der Waals surface area (Å²) in [6.07, 6.45) is 0. The Balaban J connectivity index is 2.08. The molecule has 0 aliphatic heterocycles. The van der Waals surface area contributed by atoms with Crippen LogP contribution in [0.3, 0.4) is 0 Å². The van der Waals surface area contributed by atoms with Crippen molar-refractivity contribution in [3.05, 3.63) is 58.0 Å². The Kier molecular flexibility index (Phi) is 5.24. The predicted octanol–water partition coefficient (Wildman–Crippen LogP) is 1.37. The van der Waals surface area contributed by atoms with Gasteiger partial charge >= 0.3 is 5.97 Å². The van der Waals surface area contributed by atoms with E-state index in [9.17, 15) is 14.4 Å². The Bertz CT molecular complexity index is 783.